The second-order valence-corrected chi connectivity index (χ2v) is 2.96. The molecule has 0 spiro atoms. The Morgan fingerprint density at radius 2 is 1.92 bits per heavy atom. The standard InChI is InChI=1S/C9H12O4/c1-2-3-4-5-6-7(10)9(12)13-8(6)11/h10H,2-5H2,1H3. The zero-order valence-electron chi connectivity index (χ0n) is 7.50. The molecule has 0 bridgehead atoms. The number of hydrogen-bond acceptors (Lipinski definition) is 4. The van der Waals surface area contributed by atoms with Crippen molar-refractivity contribution in [2.24, 2.45) is 0 Å². The molecule has 0 fully saturated rings. The summed E-state index contributed by atoms with van der Waals surface area (Å²) < 4.78 is 4.21. The molecule has 0 amide bonds. The Balaban J connectivity index is 2.56. The van der Waals surface area contributed by atoms with Gasteiger partial charge in [0.15, 0.2) is 0 Å². The second kappa shape index (κ2) is 4.07. The van der Waals surface area contributed by atoms with Crippen LogP contribution >= 0.6 is 0 Å². The second-order valence-electron chi connectivity index (χ2n) is 2.96. The van der Waals surface area contributed by atoms with Gasteiger partial charge in [-0.3, -0.25) is 0 Å². The quantitative estimate of drug-likeness (QED) is 0.408. The third-order valence-corrected chi connectivity index (χ3v) is 1.94. The molecule has 1 aliphatic rings. The minimum absolute atomic E-state index is 0.124. The van der Waals surface area contributed by atoms with E-state index in [0.717, 1.165) is 19.3 Å². The number of aliphatic hydroxyl groups excluding tert-OH is 1. The molecule has 4 heteroatoms. The summed E-state index contributed by atoms with van der Waals surface area (Å²) in [5, 5.41) is 9.11. The molecule has 1 rings (SSSR count). The van der Waals surface area contributed by atoms with Crippen LogP contribution in [0.15, 0.2) is 11.3 Å². The van der Waals surface area contributed by atoms with E-state index in [0.29, 0.717) is 6.42 Å². The van der Waals surface area contributed by atoms with Gasteiger partial charge in [0, 0.05) is 0 Å². The van der Waals surface area contributed by atoms with Gasteiger partial charge in [-0.05, 0) is 12.8 Å². The Bertz CT molecular complexity index is 265. The fourth-order valence-corrected chi connectivity index (χ4v) is 1.19. The largest absolute Gasteiger partial charge is 0.501 e. The molecule has 1 N–H and O–H groups in total. The monoisotopic (exact) mass is 184 g/mol. The van der Waals surface area contributed by atoms with Crippen molar-refractivity contribution in [3.05, 3.63) is 11.3 Å². The lowest BCUT2D eigenvalue weighted by molar-refractivity contribution is -0.152. The Morgan fingerprint density at radius 3 is 2.38 bits per heavy atom. The maximum absolute atomic E-state index is 10.9. The zero-order chi connectivity index (χ0) is 9.84. The van der Waals surface area contributed by atoms with E-state index in [-0.39, 0.29) is 5.57 Å². The highest BCUT2D eigenvalue weighted by molar-refractivity contribution is 6.10. The molecule has 0 atom stereocenters. The van der Waals surface area contributed by atoms with Crippen molar-refractivity contribution >= 4 is 11.9 Å². The molecule has 0 radical (unpaired) electrons. The topological polar surface area (TPSA) is 63.6 Å². The van der Waals surface area contributed by atoms with Gasteiger partial charge in [0.25, 0.3) is 0 Å². The van der Waals surface area contributed by atoms with Gasteiger partial charge in [0.1, 0.15) is 0 Å². The molecule has 0 saturated carbocycles. The maximum atomic E-state index is 10.9. The number of rotatable bonds is 4. The SMILES string of the molecule is CCCCCC1=C(O)C(=O)OC1=O. The van der Waals surface area contributed by atoms with Gasteiger partial charge in [0.05, 0.1) is 5.57 Å². The van der Waals surface area contributed by atoms with E-state index in [2.05, 4.69) is 4.74 Å². The van der Waals surface area contributed by atoms with Crippen LogP contribution in [0.5, 0.6) is 0 Å². The van der Waals surface area contributed by atoms with Crippen molar-refractivity contribution in [1.82, 2.24) is 0 Å². The minimum atomic E-state index is -0.920. The van der Waals surface area contributed by atoms with Crippen molar-refractivity contribution in [2.45, 2.75) is 32.6 Å². The lowest BCUT2D eigenvalue weighted by Gasteiger charge is -1.96. The number of cyclic esters (lactones) is 2. The first-order valence-corrected chi connectivity index (χ1v) is 4.35. The summed E-state index contributed by atoms with van der Waals surface area (Å²) >= 11 is 0. The predicted octanol–water partition coefficient (Wildman–Crippen LogP) is 1.46. The van der Waals surface area contributed by atoms with Crippen molar-refractivity contribution in [2.75, 3.05) is 0 Å². The van der Waals surface area contributed by atoms with Crippen molar-refractivity contribution in [1.29, 1.82) is 0 Å². The van der Waals surface area contributed by atoms with E-state index in [1.165, 1.54) is 0 Å². The van der Waals surface area contributed by atoms with E-state index >= 15 is 0 Å². The zero-order valence-corrected chi connectivity index (χ0v) is 7.50. The summed E-state index contributed by atoms with van der Waals surface area (Å²) in [6.45, 7) is 2.03. The number of aliphatic hydroxyl groups is 1. The Kier molecular flexibility index (Phi) is 3.06. The third kappa shape index (κ3) is 2.08. The first-order valence-electron chi connectivity index (χ1n) is 4.35. The summed E-state index contributed by atoms with van der Waals surface area (Å²) in [5.41, 5.74) is 0.124. The van der Waals surface area contributed by atoms with Crippen LogP contribution in [-0.2, 0) is 14.3 Å². The molecule has 0 aromatic carbocycles. The number of unbranched alkanes of at least 4 members (excludes halogenated alkanes) is 2. The molecule has 0 aliphatic carbocycles. The lowest BCUT2D eigenvalue weighted by atomic mass is 10.1. The molecule has 0 unspecified atom stereocenters. The number of ether oxygens (including phenoxy) is 1. The summed E-state index contributed by atoms with van der Waals surface area (Å²) in [4.78, 5) is 21.6. The number of carbonyl (C=O) groups excluding carboxylic acids is 2. The average molecular weight is 184 g/mol. The molecule has 1 aliphatic heterocycles. The van der Waals surface area contributed by atoms with E-state index in [9.17, 15) is 9.59 Å². The normalized spacial score (nSPS) is 16.7. The van der Waals surface area contributed by atoms with Gasteiger partial charge in [-0.2, -0.15) is 0 Å². The Morgan fingerprint density at radius 1 is 1.23 bits per heavy atom. The van der Waals surface area contributed by atoms with Crippen LogP contribution in [0.4, 0.5) is 0 Å². The highest BCUT2D eigenvalue weighted by Gasteiger charge is 2.31. The minimum Gasteiger partial charge on any atom is -0.501 e. The van der Waals surface area contributed by atoms with Crippen molar-refractivity contribution in [3.63, 3.8) is 0 Å². The average Bonchev–Trinajstić information content (AvgIpc) is 2.32. The summed E-state index contributed by atoms with van der Waals surface area (Å²) in [5.74, 6) is -2.13. The third-order valence-electron chi connectivity index (χ3n) is 1.94. The van der Waals surface area contributed by atoms with E-state index in [1.807, 2.05) is 6.92 Å². The van der Waals surface area contributed by atoms with Crippen molar-refractivity contribution in [3.8, 4) is 0 Å². The van der Waals surface area contributed by atoms with Crippen molar-refractivity contribution < 1.29 is 19.4 Å². The molecule has 0 aromatic rings. The fraction of sp³-hybridized carbons (Fsp3) is 0.556. The highest BCUT2D eigenvalue weighted by atomic mass is 16.6. The van der Waals surface area contributed by atoms with Gasteiger partial charge in [-0.1, -0.05) is 19.8 Å². The first kappa shape index (κ1) is 9.77. The summed E-state index contributed by atoms with van der Waals surface area (Å²) in [6.07, 6.45) is 3.21. The molecule has 4 nitrogen and oxygen atoms in total. The van der Waals surface area contributed by atoms with E-state index < -0.39 is 17.7 Å². The van der Waals surface area contributed by atoms with Crippen LogP contribution in [0, 0.1) is 0 Å². The van der Waals surface area contributed by atoms with Gasteiger partial charge in [-0.25, -0.2) is 9.59 Å². The van der Waals surface area contributed by atoms with E-state index in [4.69, 9.17) is 5.11 Å². The maximum Gasteiger partial charge on any atom is 0.381 e. The molecule has 0 saturated heterocycles. The van der Waals surface area contributed by atoms with Gasteiger partial charge in [-0.15, -0.1) is 0 Å². The number of carbonyl (C=O) groups is 2. The molecule has 0 aromatic heterocycles. The number of esters is 2. The summed E-state index contributed by atoms with van der Waals surface area (Å²) in [7, 11) is 0. The van der Waals surface area contributed by atoms with Crippen LogP contribution in [0.1, 0.15) is 32.6 Å². The Labute approximate surface area is 76.2 Å². The summed E-state index contributed by atoms with van der Waals surface area (Å²) in [6, 6.07) is 0. The smallest absolute Gasteiger partial charge is 0.381 e. The predicted molar refractivity (Wildman–Crippen MR) is 44.9 cm³/mol. The van der Waals surface area contributed by atoms with Crippen LogP contribution in [-0.4, -0.2) is 17.0 Å². The first-order chi connectivity index (χ1) is 6.16. The highest BCUT2D eigenvalue weighted by Crippen LogP contribution is 2.20. The molecule has 72 valence electrons. The molecular formula is C9H12O4. The van der Waals surface area contributed by atoms with Crippen LogP contribution in [0.2, 0.25) is 0 Å². The van der Waals surface area contributed by atoms with Crippen LogP contribution in [0.3, 0.4) is 0 Å². The lowest BCUT2D eigenvalue weighted by Crippen LogP contribution is -2.02. The van der Waals surface area contributed by atoms with Crippen LogP contribution in [0.25, 0.3) is 0 Å². The number of hydrogen-bond donors (Lipinski definition) is 1. The molecule has 1 heterocycles. The molecular weight excluding hydrogens is 172 g/mol. The Hall–Kier alpha value is -1.32. The van der Waals surface area contributed by atoms with E-state index in [1.54, 1.807) is 0 Å². The molecule has 13 heavy (non-hydrogen) atoms. The van der Waals surface area contributed by atoms with Gasteiger partial charge < -0.3 is 9.84 Å². The van der Waals surface area contributed by atoms with Gasteiger partial charge in [0.2, 0.25) is 5.76 Å². The fourth-order valence-electron chi connectivity index (χ4n) is 1.19. The van der Waals surface area contributed by atoms with Gasteiger partial charge >= 0.3 is 11.9 Å². The van der Waals surface area contributed by atoms with Crippen LogP contribution < -0.4 is 0 Å².